The summed E-state index contributed by atoms with van der Waals surface area (Å²) in [7, 11) is 0. The van der Waals surface area contributed by atoms with Gasteiger partial charge < -0.3 is 9.40 Å². The normalized spacial score (nSPS) is 11.9. The Labute approximate surface area is 156 Å². The van der Waals surface area contributed by atoms with Gasteiger partial charge in [0.2, 0.25) is 5.89 Å². The SMILES string of the molecule is Cc1cnc(-c2cccc(-c3cnc4[nH]cc(C(=O)C(C)(C)C)c4n3)c2)o1. The summed E-state index contributed by atoms with van der Waals surface area (Å²) in [6.07, 6.45) is 5.08. The van der Waals surface area contributed by atoms with Gasteiger partial charge in [0.05, 0.1) is 23.7 Å². The van der Waals surface area contributed by atoms with Crippen LogP contribution in [0.25, 0.3) is 33.9 Å². The molecule has 0 radical (unpaired) electrons. The van der Waals surface area contributed by atoms with Gasteiger partial charge >= 0.3 is 0 Å². The third-order valence-electron chi connectivity index (χ3n) is 4.33. The molecule has 4 aromatic rings. The molecule has 27 heavy (non-hydrogen) atoms. The van der Waals surface area contributed by atoms with Crippen LogP contribution in [0.1, 0.15) is 36.9 Å². The fourth-order valence-electron chi connectivity index (χ4n) is 2.91. The highest BCUT2D eigenvalue weighted by molar-refractivity contribution is 6.08. The maximum atomic E-state index is 12.7. The van der Waals surface area contributed by atoms with E-state index in [0.29, 0.717) is 28.3 Å². The lowest BCUT2D eigenvalue weighted by molar-refractivity contribution is 0.0860. The summed E-state index contributed by atoms with van der Waals surface area (Å²) in [4.78, 5) is 29.2. The van der Waals surface area contributed by atoms with Crippen LogP contribution >= 0.6 is 0 Å². The molecule has 136 valence electrons. The topological polar surface area (TPSA) is 84.7 Å². The zero-order valence-corrected chi connectivity index (χ0v) is 15.7. The molecule has 6 nitrogen and oxygen atoms in total. The summed E-state index contributed by atoms with van der Waals surface area (Å²) in [5, 5.41) is 0. The van der Waals surface area contributed by atoms with Crippen LogP contribution in [-0.2, 0) is 0 Å². The van der Waals surface area contributed by atoms with Crippen molar-refractivity contribution in [3.8, 4) is 22.7 Å². The van der Waals surface area contributed by atoms with Crippen LogP contribution in [0.2, 0.25) is 0 Å². The van der Waals surface area contributed by atoms with E-state index in [2.05, 4.69) is 15.0 Å². The van der Waals surface area contributed by atoms with Crippen molar-refractivity contribution in [2.24, 2.45) is 5.41 Å². The number of oxazole rings is 1. The van der Waals surface area contributed by atoms with Crippen LogP contribution in [0.15, 0.2) is 47.3 Å². The highest BCUT2D eigenvalue weighted by atomic mass is 16.4. The summed E-state index contributed by atoms with van der Waals surface area (Å²) < 4.78 is 5.61. The second-order valence-electron chi connectivity index (χ2n) is 7.59. The van der Waals surface area contributed by atoms with E-state index in [1.165, 1.54) is 0 Å². The van der Waals surface area contributed by atoms with Gasteiger partial charge in [-0.25, -0.2) is 15.0 Å². The smallest absolute Gasteiger partial charge is 0.226 e. The predicted octanol–water partition coefficient (Wildman–Crippen LogP) is 4.82. The Kier molecular flexibility index (Phi) is 3.91. The number of hydrogen-bond donors (Lipinski definition) is 1. The van der Waals surface area contributed by atoms with Gasteiger partial charge in [-0.15, -0.1) is 0 Å². The second kappa shape index (κ2) is 6.16. The molecular formula is C21H20N4O2. The molecule has 0 saturated heterocycles. The first-order chi connectivity index (χ1) is 12.8. The van der Waals surface area contributed by atoms with E-state index >= 15 is 0 Å². The number of aromatic nitrogens is 4. The number of nitrogens with zero attached hydrogens (tertiary/aromatic N) is 3. The Hall–Kier alpha value is -3.28. The second-order valence-corrected chi connectivity index (χ2v) is 7.59. The molecule has 0 bridgehead atoms. The molecule has 0 fully saturated rings. The number of Topliss-reactive ketones (excluding diaryl/α,β-unsaturated/α-hetero) is 1. The van der Waals surface area contributed by atoms with Crippen molar-refractivity contribution in [1.29, 1.82) is 0 Å². The summed E-state index contributed by atoms with van der Waals surface area (Å²) in [5.41, 5.74) is 3.70. The number of aromatic amines is 1. The monoisotopic (exact) mass is 360 g/mol. The molecule has 3 aromatic heterocycles. The molecule has 0 amide bonds. The van der Waals surface area contributed by atoms with Crippen LogP contribution < -0.4 is 0 Å². The molecule has 0 unspecified atom stereocenters. The van der Waals surface area contributed by atoms with Crippen molar-refractivity contribution in [1.82, 2.24) is 19.9 Å². The zero-order chi connectivity index (χ0) is 19.2. The molecule has 6 heteroatoms. The zero-order valence-electron chi connectivity index (χ0n) is 15.7. The average Bonchev–Trinajstić information content (AvgIpc) is 3.26. The fraction of sp³-hybridized carbons (Fsp3) is 0.238. The van der Waals surface area contributed by atoms with E-state index in [9.17, 15) is 4.79 Å². The van der Waals surface area contributed by atoms with Crippen LogP contribution in [0.4, 0.5) is 0 Å². The van der Waals surface area contributed by atoms with Crippen molar-refractivity contribution in [2.45, 2.75) is 27.7 Å². The molecule has 0 spiro atoms. The number of ketones is 1. The van der Waals surface area contributed by atoms with Crippen LogP contribution in [-0.4, -0.2) is 25.7 Å². The number of hydrogen-bond acceptors (Lipinski definition) is 5. The van der Waals surface area contributed by atoms with Crippen LogP contribution in [0.3, 0.4) is 0 Å². The predicted molar refractivity (Wildman–Crippen MR) is 103 cm³/mol. The lowest BCUT2D eigenvalue weighted by Gasteiger charge is -2.15. The van der Waals surface area contributed by atoms with Crippen molar-refractivity contribution in [3.63, 3.8) is 0 Å². The Bertz CT molecular complexity index is 1150. The van der Waals surface area contributed by atoms with Gasteiger partial charge in [-0.3, -0.25) is 4.79 Å². The van der Waals surface area contributed by atoms with Crippen LogP contribution in [0, 0.1) is 12.3 Å². The number of benzene rings is 1. The number of H-pyrrole nitrogens is 1. The quantitative estimate of drug-likeness (QED) is 0.530. The molecule has 0 saturated carbocycles. The minimum absolute atomic E-state index is 0.0317. The Morgan fingerprint density at radius 1 is 1.11 bits per heavy atom. The number of aryl methyl sites for hydroxylation is 1. The van der Waals surface area contributed by atoms with Gasteiger partial charge in [0, 0.05) is 22.7 Å². The van der Waals surface area contributed by atoms with Crippen molar-refractivity contribution < 1.29 is 9.21 Å². The standard InChI is InChI=1S/C21H20N4O2/c1-12-9-24-20(27-12)14-7-5-6-13(8-14)16-11-23-19-17(25-16)15(10-22-19)18(26)21(2,3)4/h5-11H,1-4H3,(H,22,23). The van der Waals surface area contributed by atoms with Crippen LogP contribution in [0.5, 0.6) is 0 Å². The summed E-state index contributed by atoms with van der Waals surface area (Å²) in [6.45, 7) is 7.55. The van der Waals surface area contributed by atoms with E-state index in [4.69, 9.17) is 9.40 Å². The average molecular weight is 360 g/mol. The largest absolute Gasteiger partial charge is 0.441 e. The van der Waals surface area contributed by atoms with Gasteiger partial charge in [-0.1, -0.05) is 32.9 Å². The highest BCUT2D eigenvalue weighted by Crippen LogP contribution is 2.28. The Morgan fingerprint density at radius 3 is 2.59 bits per heavy atom. The summed E-state index contributed by atoms with van der Waals surface area (Å²) >= 11 is 0. The van der Waals surface area contributed by atoms with Crippen molar-refractivity contribution >= 4 is 16.9 Å². The maximum absolute atomic E-state index is 12.7. The molecule has 1 aromatic carbocycles. The van der Waals surface area contributed by atoms with E-state index in [1.54, 1.807) is 18.6 Å². The van der Waals surface area contributed by atoms with Gasteiger partial charge in [-0.05, 0) is 19.1 Å². The third kappa shape index (κ3) is 3.14. The first kappa shape index (κ1) is 17.1. The Balaban J connectivity index is 1.80. The van der Waals surface area contributed by atoms with Crippen molar-refractivity contribution in [2.75, 3.05) is 0 Å². The summed E-state index contributed by atoms with van der Waals surface area (Å²) in [5.74, 6) is 1.35. The van der Waals surface area contributed by atoms with Gasteiger partial charge in [-0.2, -0.15) is 0 Å². The fourth-order valence-corrected chi connectivity index (χ4v) is 2.91. The lowest BCUT2D eigenvalue weighted by atomic mass is 9.87. The minimum atomic E-state index is -0.491. The first-order valence-corrected chi connectivity index (χ1v) is 8.75. The maximum Gasteiger partial charge on any atom is 0.226 e. The highest BCUT2D eigenvalue weighted by Gasteiger charge is 2.26. The van der Waals surface area contributed by atoms with Gasteiger partial charge in [0.1, 0.15) is 11.3 Å². The Morgan fingerprint density at radius 2 is 1.89 bits per heavy atom. The molecule has 1 N–H and O–H groups in total. The first-order valence-electron chi connectivity index (χ1n) is 8.75. The minimum Gasteiger partial charge on any atom is -0.441 e. The number of carbonyl (C=O) groups excluding carboxylic acids is 1. The molecule has 0 aliphatic rings. The van der Waals surface area contributed by atoms with E-state index < -0.39 is 5.41 Å². The summed E-state index contributed by atoms with van der Waals surface area (Å²) in [6, 6.07) is 7.77. The number of rotatable bonds is 3. The van der Waals surface area contributed by atoms with Crippen molar-refractivity contribution in [3.05, 3.63) is 54.2 Å². The number of fused-ring (bicyclic) bond motifs is 1. The number of nitrogens with one attached hydrogen (secondary N) is 1. The third-order valence-corrected chi connectivity index (χ3v) is 4.33. The van der Waals surface area contributed by atoms with E-state index in [1.807, 2.05) is 52.0 Å². The van der Waals surface area contributed by atoms with E-state index in [-0.39, 0.29) is 5.78 Å². The van der Waals surface area contributed by atoms with Gasteiger partial charge in [0.15, 0.2) is 11.4 Å². The molecule has 0 atom stereocenters. The molecular weight excluding hydrogens is 340 g/mol. The molecule has 0 aliphatic carbocycles. The lowest BCUT2D eigenvalue weighted by Crippen LogP contribution is -2.20. The molecule has 3 heterocycles. The molecule has 4 rings (SSSR count). The number of carbonyl (C=O) groups is 1. The molecule has 0 aliphatic heterocycles. The van der Waals surface area contributed by atoms with Gasteiger partial charge in [0.25, 0.3) is 0 Å². The van der Waals surface area contributed by atoms with E-state index in [0.717, 1.165) is 16.9 Å².